The average Bonchev–Trinajstić information content (AvgIpc) is 2.32. The predicted molar refractivity (Wildman–Crippen MR) is 78.6 cm³/mol. The molecule has 0 radical (unpaired) electrons. The van der Waals surface area contributed by atoms with Gasteiger partial charge in [0.05, 0.1) is 4.90 Å². The number of sulfonamides is 1. The summed E-state index contributed by atoms with van der Waals surface area (Å²) in [4.78, 5) is 0.212. The van der Waals surface area contributed by atoms with E-state index in [2.05, 4.69) is 0 Å². The van der Waals surface area contributed by atoms with E-state index in [9.17, 15) is 12.8 Å². The van der Waals surface area contributed by atoms with Gasteiger partial charge in [0.1, 0.15) is 5.82 Å². The van der Waals surface area contributed by atoms with Gasteiger partial charge in [-0.2, -0.15) is 4.31 Å². The summed E-state index contributed by atoms with van der Waals surface area (Å²) in [6.45, 7) is 6.44. The largest absolute Gasteiger partial charge is 0.330 e. The maximum absolute atomic E-state index is 13.3. The molecule has 0 heterocycles. The Hall–Kier alpha value is -0.980. The second-order valence-corrected chi connectivity index (χ2v) is 6.79. The van der Waals surface area contributed by atoms with Crippen LogP contribution in [0.2, 0.25) is 0 Å². The van der Waals surface area contributed by atoms with Crippen molar-refractivity contribution in [2.24, 2.45) is 5.73 Å². The highest BCUT2D eigenvalue weighted by atomic mass is 32.2. The number of rotatable bonds is 7. The molecule has 20 heavy (non-hydrogen) atoms. The number of hydrogen-bond donors (Lipinski definition) is 1. The van der Waals surface area contributed by atoms with Crippen molar-refractivity contribution in [2.45, 2.75) is 38.5 Å². The molecule has 1 aromatic rings. The third kappa shape index (κ3) is 3.77. The number of benzene rings is 1. The van der Waals surface area contributed by atoms with Crippen LogP contribution in [0, 0.1) is 19.7 Å². The third-order valence-electron chi connectivity index (χ3n) is 3.11. The van der Waals surface area contributed by atoms with Crippen LogP contribution in [-0.4, -0.2) is 32.4 Å². The van der Waals surface area contributed by atoms with Crippen molar-refractivity contribution in [1.82, 2.24) is 4.31 Å². The summed E-state index contributed by atoms with van der Waals surface area (Å²) in [5, 5.41) is 0. The summed E-state index contributed by atoms with van der Waals surface area (Å²) in [7, 11) is -3.60. The molecule has 0 bridgehead atoms. The van der Waals surface area contributed by atoms with E-state index in [1.807, 2.05) is 6.92 Å². The summed E-state index contributed by atoms with van der Waals surface area (Å²) >= 11 is 0. The van der Waals surface area contributed by atoms with Gasteiger partial charge >= 0.3 is 0 Å². The number of aryl methyl sites for hydroxylation is 2. The van der Waals surface area contributed by atoms with Gasteiger partial charge in [-0.05, 0) is 56.5 Å². The molecule has 1 rings (SSSR count). The van der Waals surface area contributed by atoms with E-state index in [1.54, 1.807) is 13.8 Å². The molecule has 2 N–H and O–H groups in total. The van der Waals surface area contributed by atoms with Gasteiger partial charge in [0.2, 0.25) is 10.0 Å². The number of nitrogens with two attached hydrogens (primary N) is 1. The first-order chi connectivity index (χ1) is 9.34. The molecule has 0 fully saturated rings. The van der Waals surface area contributed by atoms with Crippen LogP contribution >= 0.6 is 0 Å². The molecule has 0 unspecified atom stereocenters. The second-order valence-electron chi connectivity index (χ2n) is 4.92. The minimum Gasteiger partial charge on any atom is -0.330 e. The molecule has 114 valence electrons. The Bertz CT molecular complexity index is 535. The van der Waals surface area contributed by atoms with Crippen molar-refractivity contribution in [2.75, 3.05) is 19.6 Å². The number of hydrogen-bond acceptors (Lipinski definition) is 3. The summed E-state index contributed by atoms with van der Waals surface area (Å²) in [6.07, 6.45) is 1.33. The lowest BCUT2D eigenvalue weighted by molar-refractivity contribution is 0.405. The van der Waals surface area contributed by atoms with Crippen LogP contribution in [0.3, 0.4) is 0 Å². The van der Waals surface area contributed by atoms with Gasteiger partial charge in [-0.1, -0.05) is 6.92 Å². The Kier molecular flexibility index (Phi) is 6.10. The van der Waals surface area contributed by atoms with Crippen LogP contribution < -0.4 is 5.73 Å². The zero-order valence-corrected chi connectivity index (χ0v) is 13.1. The Morgan fingerprint density at radius 1 is 1.20 bits per heavy atom. The lowest BCUT2D eigenvalue weighted by Gasteiger charge is -2.23. The van der Waals surface area contributed by atoms with Crippen LogP contribution in [0.15, 0.2) is 17.0 Å². The predicted octanol–water partition coefficient (Wildman–Crippen LogP) is 2.19. The van der Waals surface area contributed by atoms with E-state index in [-0.39, 0.29) is 4.90 Å². The minimum atomic E-state index is -3.60. The van der Waals surface area contributed by atoms with E-state index in [4.69, 9.17) is 5.73 Å². The van der Waals surface area contributed by atoms with E-state index in [1.165, 1.54) is 16.4 Å². The topological polar surface area (TPSA) is 63.4 Å². The lowest BCUT2D eigenvalue weighted by atomic mass is 10.1. The monoisotopic (exact) mass is 302 g/mol. The Morgan fingerprint density at radius 2 is 1.75 bits per heavy atom. The van der Waals surface area contributed by atoms with Crippen LogP contribution in [0.5, 0.6) is 0 Å². The number of nitrogens with zero attached hydrogens (tertiary/aromatic N) is 1. The highest BCUT2D eigenvalue weighted by Gasteiger charge is 2.27. The molecule has 0 saturated heterocycles. The molecule has 0 amide bonds. The fourth-order valence-corrected chi connectivity index (χ4v) is 4.28. The molecule has 0 aliphatic heterocycles. The Balaban J connectivity index is 3.26. The Labute approximate surface area is 120 Å². The standard InChI is InChI=1S/C14H23FN2O2S/c1-4-7-17(8-5-6-16)20(18,19)14-11(2)9-13(15)10-12(14)3/h9-10H,4-8,16H2,1-3H3. The van der Waals surface area contributed by atoms with Crippen molar-refractivity contribution in [3.63, 3.8) is 0 Å². The molecule has 0 atom stereocenters. The van der Waals surface area contributed by atoms with Gasteiger partial charge in [0.15, 0.2) is 0 Å². The van der Waals surface area contributed by atoms with E-state index in [0.717, 1.165) is 6.42 Å². The molecule has 0 aromatic heterocycles. The van der Waals surface area contributed by atoms with Gasteiger partial charge < -0.3 is 5.73 Å². The van der Waals surface area contributed by atoms with Gasteiger partial charge in [0, 0.05) is 13.1 Å². The normalized spacial score (nSPS) is 12.1. The second kappa shape index (κ2) is 7.15. The van der Waals surface area contributed by atoms with E-state index in [0.29, 0.717) is 37.2 Å². The molecule has 0 aliphatic carbocycles. The maximum Gasteiger partial charge on any atom is 0.243 e. The van der Waals surface area contributed by atoms with Crippen molar-refractivity contribution >= 4 is 10.0 Å². The maximum atomic E-state index is 13.3. The fourth-order valence-electron chi connectivity index (χ4n) is 2.30. The molecule has 0 aliphatic rings. The summed E-state index contributed by atoms with van der Waals surface area (Å²) in [5.41, 5.74) is 6.35. The van der Waals surface area contributed by atoms with Gasteiger partial charge in [-0.25, -0.2) is 12.8 Å². The number of halogens is 1. The molecule has 1 aromatic carbocycles. The third-order valence-corrected chi connectivity index (χ3v) is 5.31. The molecule has 0 spiro atoms. The van der Waals surface area contributed by atoms with Gasteiger partial charge in [-0.3, -0.25) is 0 Å². The first-order valence-corrected chi connectivity index (χ1v) is 8.25. The zero-order chi connectivity index (χ0) is 15.3. The average molecular weight is 302 g/mol. The van der Waals surface area contributed by atoms with Crippen LogP contribution in [-0.2, 0) is 10.0 Å². The van der Waals surface area contributed by atoms with Crippen LogP contribution in [0.25, 0.3) is 0 Å². The highest BCUT2D eigenvalue weighted by molar-refractivity contribution is 7.89. The fraction of sp³-hybridized carbons (Fsp3) is 0.571. The van der Waals surface area contributed by atoms with Gasteiger partial charge in [0.25, 0.3) is 0 Å². The molecule has 6 heteroatoms. The van der Waals surface area contributed by atoms with Crippen LogP contribution in [0.1, 0.15) is 30.9 Å². The molecular formula is C14H23FN2O2S. The van der Waals surface area contributed by atoms with Crippen molar-refractivity contribution in [3.8, 4) is 0 Å². The van der Waals surface area contributed by atoms with E-state index < -0.39 is 15.8 Å². The summed E-state index contributed by atoms with van der Waals surface area (Å²) < 4.78 is 40.2. The quantitative estimate of drug-likeness (QED) is 0.840. The first-order valence-electron chi connectivity index (χ1n) is 6.81. The molecular weight excluding hydrogens is 279 g/mol. The van der Waals surface area contributed by atoms with Gasteiger partial charge in [-0.15, -0.1) is 0 Å². The highest BCUT2D eigenvalue weighted by Crippen LogP contribution is 2.25. The van der Waals surface area contributed by atoms with Crippen molar-refractivity contribution < 1.29 is 12.8 Å². The van der Waals surface area contributed by atoms with E-state index >= 15 is 0 Å². The SMILES string of the molecule is CCCN(CCCN)S(=O)(=O)c1c(C)cc(F)cc1C. The van der Waals surface area contributed by atoms with Crippen molar-refractivity contribution in [1.29, 1.82) is 0 Å². The zero-order valence-electron chi connectivity index (χ0n) is 12.3. The van der Waals surface area contributed by atoms with Crippen molar-refractivity contribution in [3.05, 3.63) is 29.1 Å². The van der Waals surface area contributed by atoms with Crippen LogP contribution in [0.4, 0.5) is 4.39 Å². The minimum absolute atomic E-state index is 0.212. The summed E-state index contributed by atoms with van der Waals surface area (Å²) in [5.74, 6) is -0.414. The molecule has 0 saturated carbocycles. The first kappa shape index (κ1) is 17.1. The molecule has 4 nitrogen and oxygen atoms in total. The summed E-state index contributed by atoms with van der Waals surface area (Å²) in [6, 6.07) is 2.51. The lowest BCUT2D eigenvalue weighted by Crippen LogP contribution is -2.34. The smallest absolute Gasteiger partial charge is 0.243 e. The Morgan fingerprint density at radius 3 is 2.20 bits per heavy atom.